The molecule has 10 heteroatoms. The summed E-state index contributed by atoms with van der Waals surface area (Å²) in [6.07, 6.45) is 3.58. The van der Waals surface area contributed by atoms with Gasteiger partial charge in [-0.3, -0.25) is 9.36 Å². The van der Waals surface area contributed by atoms with Crippen molar-refractivity contribution >= 4 is 29.0 Å². The second-order valence-corrected chi connectivity index (χ2v) is 8.36. The van der Waals surface area contributed by atoms with Crippen molar-refractivity contribution in [1.82, 2.24) is 19.4 Å². The van der Waals surface area contributed by atoms with Gasteiger partial charge in [0, 0.05) is 18.2 Å². The first-order valence-electron chi connectivity index (χ1n) is 10.8. The van der Waals surface area contributed by atoms with E-state index in [2.05, 4.69) is 9.97 Å². The van der Waals surface area contributed by atoms with Gasteiger partial charge in [-0.2, -0.15) is 0 Å². The molecule has 2 aromatic heterocycles. The molecule has 3 aromatic rings. The van der Waals surface area contributed by atoms with Crippen molar-refractivity contribution in [2.45, 2.75) is 45.6 Å². The number of primary amides is 1. The number of aryl methyl sites for hydroxylation is 2. The van der Waals surface area contributed by atoms with Crippen LogP contribution in [-0.2, 0) is 6.42 Å². The van der Waals surface area contributed by atoms with Crippen molar-refractivity contribution in [3.8, 4) is 11.4 Å². The van der Waals surface area contributed by atoms with E-state index >= 15 is 0 Å². The number of rotatable bonds is 6. The van der Waals surface area contributed by atoms with Gasteiger partial charge in [-0.1, -0.05) is 6.07 Å². The van der Waals surface area contributed by atoms with Crippen LogP contribution in [0.1, 0.15) is 46.4 Å². The number of carbonyl (C=O) groups is 2. The lowest BCUT2D eigenvalue weighted by Gasteiger charge is -2.21. The second-order valence-electron chi connectivity index (χ2n) is 8.36. The predicted molar refractivity (Wildman–Crippen MR) is 124 cm³/mol. The lowest BCUT2D eigenvalue weighted by Crippen LogP contribution is -2.34. The Bertz CT molecular complexity index is 1250. The van der Waals surface area contributed by atoms with Crippen molar-refractivity contribution in [3.05, 3.63) is 40.7 Å². The van der Waals surface area contributed by atoms with Gasteiger partial charge in [0.1, 0.15) is 22.6 Å². The van der Waals surface area contributed by atoms with Crippen molar-refractivity contribution in [3.63, 3.8) is 0 Å². The second kappa shape index (κ2) is 8.61. The molecule has 2 amide bonds. The molecule has 0 saturated carbocycles. The maximum atomic E-state index is 12.3. The molecule has 5 N–H and O–H groups in total. The third-order valence-corrected chi connectivity index (χ3v) is 6.38. The Labute approximate surface area is 191 Å². The van der Waals surface area contributed by atoms with Crippen LogP contribution in [-0.4, -0.2) is 56.2 Å². The van der Waals surface area contributed by atoms with E-state index in [9.17, 15) is 14.7 Å². The highest BCUT2D eigenvalue weighted by Gasteiger charge is 2.29. The summed E-state index contributed by atoms with van der Waals surface area (Å²) >= 11 is 0. The number of anilines is 1. The highest BCUT2D eigenvalue weighted by atomic mass is 16.5. The first-order valence-corrected chi connectivity index (χ1v) is 10.8. The van der Waals surface area contributed by atoms with Crippen LogP contribution in [0.25, 0.3) is 16.9 Å². The van der Waals surface area contributed by atoms with Crippen molar-refractivity contribution in [1.29, 1.82) is 0 Å². The minimum Gasteiger partial charge on any atom is -0.496 e. The lowest BCUT2D eigenvalue weighted by molar-refractivity contribution is 0.100. The average Bonchev–Trinajstić information content (AvgIpc) is 3.35. The van der Waals surface area contributed by atoms with Gasteiger partial charge >= 0.3 is 6.09 Å². The monoisotopic (exact) mass is 452 g/mol. The molecule has 1 aromatic carbocycles. The summed E-state index contributed by atoms with van der Waals surface area (Å²) in [5, 5.41) is 9.36. The van der Waals surface area contributed by atoms with E-state index in [-0.39, 0.29) is 17.4 Å². The number of carbonyl (C=O) groups excluding carboxylic acids is 1. The number of nitrogen functional groups attached to an aromatic ring is 1. The van der Waals surface area contributed by atoms with Crippen molar-refractivity contribution in [2.75, 3.05) is 19.4 Å². The Morgan fingerprint density at radius 2 is 2.06 bits per heavy atom. The molecular weight excluding hydrogens is 424 g/mol. The first kappa shape index (κ1) is 22.4. The molecule has 33 heavy (non-hydrogen) atoms. The third-order valence-electron chi connectivity index (χ3n) is 6.38. The molecule has 1 saturated heterocycles. The minimum atomic E-state index is -0.899. The fourth-order valence-electron chi connectivity index (χ4n) is 4.77. The number of hydrogen-bond donors (Lipinski definition) is 3. The van der Waals surface area contributed by atoms with Gasteiger partial charge in [-0.05, 0) is 51.2 Å². The number of methoxy groups -OCH3 is 1. The maximum absolute atomic E-state index is 12.3. The van der Waals surface area contributed by atoms with Crippen LogP contribution < -0.4 is 16.2 Å². The highest BCUT2D eigenvalue weighted by Crippen LogP contribution is 2.35. The van der Waals surface area contributed by atoms with Gasteiger partial charge in [0.25, 0.3) is 5.91 Å². The quantitative estimate of drug-likeness (QED) is 0.520. The van der Waals surface area contributed by atoms with Gasteiger partial charge in [-0.25, -0.2) is 14.8 Å². The predicted octanol–water partition coefficient (Wildman–Crippen LogP) is 2.80. The molecule has 1 aliphatic heterocycles. The largest absolute Gasteiger partial charge is 0.496 e. The number of hydrogen-bond acceptors (Lipinski definition) is 6. The normalized spacial score (nSPS) is 15.8. The number of benzene rings is 1. The molecular formula is C23H28N6O4. The van der Waals surface area contributed by atoms with Crippen LogP contribution in [0.15, 0.2) is 18.3 Å². The van der Waals surface area contributed by atoms with Crippen LogP contribution in [0, 0.1) is 13.8 Å². The Kier molecular flexibility index (Phi) is 5.84. The summed E-state index contributed by atoms with van der Waals surface area (Å²) in [6.45, 7) is 4.40. The fourth-order valence-corrected chi connectivity index (χ4v) is 4.77. The first-order chi connectivity index (χ1) is 15.7. The number of fused-ring (bicyclic) bond motifs is 1. The number of likely N-dealkylation sites (tertiary alicyclic amines) is 1. The molecule has 0 bridgehead atoms. The Morgan fingerprint density at radius 1 is 1.30 bits per heavy atom. The Balaban J connectivity index is 1.78. The molecule has 1 aliphatic rings. The number of carboxylic acid groups (broad SMARTS) is 1. The molecule has 4 rings (SSSR count). The molecule has 1 fully saturated rings. The zero-order valence-corrected chi connectivity index (χ0v) is 19.0. The number of ether oxygens (including phenoxy) is 1. The Morgan fingerprint density at radius 3 is 2.73 bits per heavy atom. The lowest BCUT2D eigenvalue weighted by atomic mass is 10.1. The fraction of sp³-hybridized carbons (Fsp3) is 0.391. The maximum Gasteiger partial charge on any atom is 0.407 e. The van der Waals surface area contributed by atoms with E-state index < -0.39 is 12.0 Å². The highest BCUT2D eigenvalue weighted by molar-refractivity contribution is 6.09. The van der Waals surface area contributed by atoms with E-state index in [1.165, 1.54) is 4.90 Å². The standard InChI is InChI=1S/C23H28N6O4/c1-12-6-9-16(33-3)13(2)19(12)29-20(24)17(21(25)30)18-22(29)26-11-14(27-18)7-8-15-5-4-10-28(15)23(31)32/h6,9,11,15H,4-5,7-8,10,24H2,1-3H3,(H2,25,30)(H,31,32). The van der Waals surface area contributed by atoms with Gasteiger partial charge in [0.2, 0.25) is 0 Å². The molecule has 10 nitrogen and oxygen atoms in total. The van der Waals surface area contributed by atoms with E-state index in [4.69, 9.17) is 16.2 Å². The van der Waals surface area contributed by atoms with Gasteiger partial charge < -0.3 is 26.2 Å². The van der Waals surface area contributed by atoms with E-state index in [0.717, 1.165) is 29.7 Å². The van der Waals surface area contributed by atoms with Gasteiger partial charge in [-0.15, -0.1) is 0 Å². The molecule has 1 atom stereocenters. The van der Waals surface area contributed by atoms with Crippen LogP contribution in [0.4, 0.5) is 10.6 Å². The van der Waals surface area contributed by atoms with Gasteiger partial charge in [0.15, 0.2) is 5.65 Å². The summed E-state index contributed by atoms with van der Waals surface area (Å²) in [6, 6.07) is 3.74. The number of aromatic nitrogens is 3. The summed E-state index contributed by atoms with van der Waals surface area (Å²) in [5.41, 5.74) is 16.2. The SMILES string of the molecule is COc1ccc(C)c(-n2c(N)c(C(N)=O)c3nc(CCC4CCCN4C(=O)O)cnc32)c1C. The van der Waals surface area contributed by atoms with Crippen LogP contribution in [0.5, 0.6) is 5.75 Å². The van der Waals surface area contributed by atoms with E-state index in [0.29, 0.717) is 42.0 Å². The molecule has 174 valence electrons. The number of nitrogens with zero attached hydrogens (tertiary/aromatic N) is 4. The van der Waals surface area contributed by atoms with Crippen LogP contribution in [0.3, 0.4) is 0 Å². The minimum absolute atomic E-state index is 0.0487. The molecule has 1 unspecified atom stereocenters. The zero-order valence-electron chi connectivity index (χ0n) is 19.0. The van der Waals surface area contributed by atoms with Crippen LogP contribution in [0.2, 0.25) is 0 Å². The smallest absolute Gasteiger partial charge is 0.407 e. The number of amides is 2. The Hall–Kier alpha value is -3.82. The molecule has 0 radical (unpaired) electrons. The summed E-state index contributed by atoms with van der Waals surface area (Å²) in [7, 11) is 1.59. The summed E-state index contributed by atoms with van der Waals surface area (Å²) in [4.78, 5) is 34.5. The summed E-state index contributed by atoms with van der Waals surface area (Å²) in [5.74, 6) is 0.164. The van der Waals surface area contributed by atoms with E-state index in [1.54, 1.807) is 17.9 Å². The number of nitrogens with two attached hydrogens (primary N) is 2. The van der Waals surface area contributed by atoms with E-state index in [1.807, 2.05) is 26.0 Å². The third kappa shape index (κ3) is 3.81. The topological polar surface area (TPSA) is 150 Å². The molecule has 0 spiro atoms. The zero-order chi connectivity index (χ0) is 23.9. The summed E-state index contributed by atoms with van der Waals surface area (Å²) < 4.78 is 7.16. The molecule has 0 aliphatic carbocycles. The van der Waals surface area contributed by atoms with Crippen LogP contribution >= 0.6 is 0 Å². The van der Waals surface area contributed by atoms with Crippen molar-refractivity contribution in [2.24, 2.45) is 5.73 Å². The average molecular weight is 453 g/mol. The van der Waals surface area contributed by atoms with Crippen molar-refractivity contribution < 1.29 is 19.4 Å². The molecule has 3 heterocycles. The van der Waals surface area contributed by atoms with Gasteiger partial charge in [0.05, 0.1) is 24.7 Å².